The molecule has 0 aromatic heterocycles. The van der Waals surface area contributed by atoms with E-state index >= 15 is 0 Å². The summed E-state index contributed by atoms with van der Waals surface area (Å²) < 4.78 is 14.0. The van der Waals surface area contributed by atoms with Crippen LogP contribution in [0.25, 0.3) is 0 Å². The Balaban J connectivity index is 1.36. The summed E-state index contributed by atoms with van der Waals surface area (Å²) >= 11 is 6.56. The monoisotopic (exact) mass is 415 g/mol. The zero-order valence-electron chi connectivity index (χ0n) is 16.8. The van der Waals surface area contributed by atoms with Gasteiger partial charge in [-0.3, -0.25) is 15.0 Å². The summed E-state index contributed by atoms with van der Waals surface area (Å²) in [5, 5.41) is 10.5. The van der Waals surface area contributed by atoms with E-state index in [9.17, 15) is 9.18 Å². The fourth-order valence-electron chi connectivity index (χ4n) is 4.96. The fraction of sp³-hybridized carbons (Fsp3) is 0.950. The molecule has 4 rings (SSSR count). The number of hydrogen-bond acceptors (Lipinski definition) is 5. The average Bonchev–Trinajstić information content (AvgIpc) is 3.40. The third-order valence-corrected chi connectivity index (χ3v) is 7.95. The van der Waals surface area contributed by atoms with Crippen molar-refractivity contribution in [3.63, 3.8) is 0 Å². The van der Waals surface area contributed by atoms with Crippen LogP contribution in [0.2, 0.25) is 0 Å². The van der Waals surface area contributed by atoms with Gasteiger partial charge in [-0.1, -0.05) is 6.92 Å². The van der Waals surface area contributed by atoms with Crippen molar-refractivity contribution in [2.75, 3.05) is 32.7 Å². The van der Waals surface area contributed by atoms with Crippen molar-refractivity contribution in [2.45, 2.75) is 62.4 Å². The van der Waals surface area contributed by atoms with Gasteiger partial charge in [0, 0.05) is 37.5 Å². The normalized spacial score (nSPS) is 41.3. The molecule has 0 aromatic rings. The molecule has 6 nitrogen and oxygen atoms in total. The molecule has 28 heavy (non-hydrogen) atoms. The number of nitrogens with two attached hydrogens (primary N) is 1. The predicted molar refractivity (Wildman–Crippen MR) is 109 cm³/mol. The van der Waals surface area contributed by atoms with Gasteiger partial charge >= 0.3 is 0 Å². The highest BCUT2D eigenvalue weighted by Gasteiger charge is 2.51. The standard InChI is InChI=1S/C20H35ClFN5O/c1-12-2-3-14(6-16(12)21)17-24-8-15(9-25-19(28)20(22)4-5-20)18(26-17)27-10-13(7-23)11-27/h12-18,24,26H,2-11,23H2,1H3,(H,25,28). The number of halogens is 2. The Kier molecular flexibility index (Phi) is 6.19. The Morgan fingerprint density at radius 1 is 1.36 bits per heavy atom. The highest BCUT2D eigenvalue weighted by atomic mass is 35.5. The van der Waals surface area contributed by atoms with Crippen molar-refractivity contribution in [2.24, 2.45) is 29.4 Å². The maximum Gasteiger partial charge on any atom is 0.257 e. The number of nitrogens with zero attached hydrogens (tertiary/aromatic N) is 1. The van der Waals surface area contributed by atoms with E-state index in [1.165, 1.54) is 12.8 Å². The molecule has 2 aliphatic heterocycles. The van der Waals surface area contributed by atoms with Crippen LogP contribution in [0.15, 0.2) is 0 Å². The summed E-state index contributed by atoms with van der Waals surface area (Å²) in [6.45, 7) is 6.22. The van der Waals surface area contributed by atoms with Gasteiger partial charge in [-0.2, -0.15) is 0 Å². The van der Waals surface area contributed by atoms with Crippen molar-refractivity contribution in [3.05, 3.63) is 0 Å². The maximum absolute atomic E-state index is 14.0. The molecule has 0 spiro atoms. The SMILES string of the molecule is CC1CCC(C2NCC(CNC(=O)C3(F)CC3)C(N3CC(CN)C3)N2)CC1Cl. The number of carbonyl (C=O) groups is 1. The third-order valence-electron chi connectivity index (χ3n) is 7.34. The predicted octanol–water partition coefficient (Wildman–Crippen LogP) is 1.00. The van der Waals surface area contributed by atoms with Gasteiger partial charge in [-0.25, -0.2) is 4.39 Å². The summed E-state index contributed by atoms with van der Waals surface area (Å²) in [6, 6.07) is 0. The lowest BCUT2D eigenvalue weighted by atomic mass is 9.80. The molecule has 2 heterocycles. The number of alkyl halides is 2. The van der Waals surface area contributed by atoms with E-state index in [-0.39, 0.29) is 23.6 Å². The zero-order valence-corrected chi connectivity index (χ0v) is 17.6. The molecule has 2 aliphatic carbocycles. The van der Waals surface area contributed by atoms with Crippen LogP contribution >= 0.6 is 11.6 Å². The lowest BCUT2D eigenvalue weighted by molar-refractivity contribution is -0.128. The van der Waals surface area contributed by atoms with Crippen molar-refractivity contribution in [1.82, 2.24) is 20.9 Å². The molecule has 0 aromatic carbocycles. The number of rotatable bonds is 6. The van der Waals surface area contributed by atoms with Crippen LogP contribution in [0, 0.1) is 23.7 Å². The van der Waals surface area contributed by atoms with Gasteiger partial charge in [0.15, 0.2) is 5.67 Å². The second-order valence-electron chi connectivity index (χ2n) is 9.55. The van der Waals surface area contributed by atoms with Crippen LogP contribution in [-0.4, -0.2) is 66.9 Å². The topological polar surface area (TPSA) is 82.4 Å². The first-order valence-electron chi connectivity index (χ1n) is 10.9. The fourth-order valence-corrected chi connectivity index (χ4v) is 5.32. The van der Waals surface area contributed by atoms with E-state index in [2.05, 4.69) is 27.8 Å². The molecule has 6 unspecified atom stereocenters. The first-order valence-corrected chi connectivity index (χ1v) is 11.4. The van der Waals surface area contributed by atoms with Gasteiger partial charge in [-0.05, 0) is 56.4 Å². The molecule has 6 atom stereocenters. The van der Waals surface area contributed by atoms with Gasteiger partial charge in [0.05, 0.1) is 12.3 Å². The number of carbonyl (C=O) groups excluding carboxylic acids is 1. The molecule has 4 aliphatic rings. The second-order valence-corrected chi connectivity index (χ2v) is 10.1. The number of hydrogen-bond donors (Lipinski definition) is 4. The Morgan fingerprint density at radius 3 is 2.75 bits per heavy atom. The van der Waals surface area contributed by atoms with Crippen LogP contribution in [0.4, 0.5) is 4.39 Å². The first kappa shape index (κ1) is 20.8. The summed E-state index contributed by atoms with van der Waals surface area (Å²) in [5.74, 6) is 1.41. The van der Waals surface area contributed by atoms with Gasteiger partial charge in [0.2, 0.25) is 0 Å². The van der Waals surface area contributed by atoms with E-state index in [1.54, 1.807) is 0 Å². The quantitative estimate of drug-likeness (QED) is 0.486. The third kappa shape index (κ3) is 4.33. The van der Waals surface area contributed by atoms with Crippen LogP contribution in [-0.2, 0) is 4.79 Å². The summed E-state index contributed by atoms with van der Waals surface area (Å²) in [4.78, 5) is 14.5. The molecule has 8 heteroatoms. The van der Waals surface area contributed by atoms with Crippen LogP contribution in [0.5, 0.6) is 0 Å². The molecule has 2 saturated heterocycles. The first-order chi connectivity index (χ1) is 13.4. The molecular formula is C20H35ClFN5O. The minimum absolute atomic E-state index is 0.178. The van der Waals surface area contributed by atoms with Crippen molar-refractivity contribution in [3.8, 4) is 0 Å². The second kappa shape index (κ2) is 8.34. The molecular weight excluding hydrogens is 381 g/mol. The van der Waals surface area contributed by atoms with Crippen molar-refractivity contribution >= 4 is 17.5 Å². The smallest absolute Gasteiger partial charge is 0.257 e. The average molecular weight is 416 g/mol. The van der Waals surface area contributed by atoms with Gasteiger partial charge in [-0.15, -0.1) is 11.6 Å². The van der Waals surface area contributed by atoms with Crippen LogP contribution < -0.4 is 21.7 Å². The number of nitrogens with one attached hydrogen (secondary N) is 3. The lowest BCUT2D eigenvalue weighted by Crippen LogP contribution is -2.71. The molecule has 4 fully saturated rings. The minimum Gasteiger partial charge on any atom is -0.353 e. The minimum atomic E-state index is -1.61. The molecule has 0 radical (unpaired) electrons. The Morgan fingerprint density at radius 2 is 2.11 bits per heavy atom. The Bertz CT molecular complexity index is 571. The highest BCUT2D eigenvalue weighted by molar-refractivity contribution is 6.20. The maximum atomic E-state index is 14.0. The summed E-state index contributed by atoms with van der Waals surface area (Å²) in [6.07, 6.45) is 4.50. The van der Waals surface area contributed by atoms with E-state index in [0.717, 1.165) is 26.1 Å². The van der Waals surface area contributed by atoms with Gasteiger partial charge < -0.3 is 16.4 Å². The molecule has 2 saturated carbocycles. The largest absolute Gasteiger partial charge is 0.353 e. The van der Waals surface area contributed by atoms with Gasteiger partial charge in [0.25, 0.3) is 5.91 Å². The highest BCUT2D eigenvalue weighted by Crippen LogP contribution is 2.40. The summed E-state index contributed by atoms with van der Waals surface area (Å²) in [7, 11) is 0. The van der Waals surface area contributed by atoms with E-state index in [4.69, 9.17) is 17.3 Å². The van der Waals surface area contributed by atoms with E-state index < -0.39 is 11.6 Å². The Labute approximate surface area is 172 Å². The molecule has 160 valence electrons. The van der Waals surface area contributed by atoms with Crippen LogP contribution in [0.1, 0.15) is 39.0 Å². The van der Waals surface area contributed by atoms with Crippen molar-refractivity contribution < 1.29 is 9.18 Å². The number of likely N-dealkylation sites (tertiary alicyclic amines) is 1. The van der Waals surface area contributed by atoms with Crippen LogP contribution in [0.3, 0.4) is 0 Å². The van der Waals surface area contributed by atoms with Crippen molar-refractivity contribution in [1.29, 1.82) is 0 Å². The Hall–Kier alpha value is -0.470. The molecule has 0 bridgehead atoms. The van der Waals surface area contributed by atoms with E-state index in [1.807, 2.05) is 0 Å². The molecule has 1 amide bonds. The zero-order chi connectivity index (χ0) is 19.9. The van der Waals surface area contributed by atoms with Gasteiger partial charge in [0.1, 0.15) is 0 Å². The number of amides is 1. The molecule has 5 N–H and O–H groups in total. The van der Waals surface area contributed by atoms with E-state index in [0.29, 0.717) is 43.7 Å². The summed E-state index contributed by atoms with van der Waals surface area (Å²) in [5.41, 5.74) is 4.21. The lowest BCUT2D eigenvalue weighted by Gasteiger charge is -2.52.